The number of anilines is 1. The number of hydrogen-bond acceptors (Lipinski definition) is 6. The Hall–Kier alpha value is -1.67. The predicted molar refractivity (Wildman–Crippen MR) is 91.5 cm³/mol. The van der Waals surface area contributed by atoms with E-state index in [0.717, 1.165) is 11.4 Å². The first-order valence-electron chi connectivity index (χ1n) is 7.05. The number of hydrogen-bond donors (Lipinski definition) is 2. The molecule has 0 saturated carbocycles. The molecule has 1 aliphatic heterocycles. The van der Waals surface area contributed by atoms with E-state index in [4.69, 9.17) is 15.2 Å². The first-order valence-corrected chi connectivity index (χ1v) is 7.93. The van der Waals surface area contributed by atoms with Crippen LogP contribution in [0.2, 0.25) is 0 Å². The summed E-state index contributed by atoms with van der Waals surface area (Å²) in [6, 6.07) is 7.36. The molecule has 3 rings (SSSR count). The van der Waals surface area contributed by atoms with Crippen molar-refractivity contribution >= 4 is 35.3 Å². The Balaban J connectivity index is 0.00000192. The summed E-state index contributed by atoms with van der Waals surface area (Å²) in [5.74, 6) is 0.371. The van der Waals surface area contributed by atoms with Gasteiger partial charge in [0.05, 0.1) is 18.9 Å². The fraction of sp³-hybridized carbons (Fsp3) is 0.333. The van der Waals surface area contributed by atoms with E-state index >= 15 is 0 Å². The molecule has 1 aliphatic rings. The van der Waals surface area contributed by atoms with E-state index in [0.29, 0.717) is 36.9 Å². The summed E-state index contributed by atoms with van der Waals surface area (Å²) in [6.07, 6.45) is 0.884. The molecule has 3 N–H and O–H groups in total. The fourth-order valence-electron chi connectivity index (χ4n) is 2.15. The quantitative estimate of drug-likeness (QED) is 0.860. The summed E-state index contributed by atoms with van der Waals surface area (Å²) in [6.45, 7) is 1.62. The van der Waals surface area contributed by atoms with Crippen molar-refractivity contribution in [3.63, 3.8) is 0 Å². The molecule has 1 atom stereocenters. The summed E-state index contributed by atoms with van der Waals surface area (Å²) in [4.78, 5) is 16.4. The number of para-hydroxylation sites is 2. The van der Waals surface area contributed by atoms with Gasteiger partial charge < -0.3 is 20.5 Å². The molecule has 0 bridgehead atoms. The number of carbonyl (C=O) groups is 1. The molecule has 124 valence electrons. The van der Waals surface area contributed by atoms with Gasteiger partial charge in [-0.05, 0) is 12.1 Å². The molecule has 1 saturated heterocycles. The van der Waals surface area contributed by atoms with Crippen LogP contribution in [0.25, 0.3) is 0 Å². The van der Waals surface area contributed by atoms with Gasteiger partial charge in [-0.25, -0.2) is 4.98 Å². The summed E-state index contributed by atoms with van der Waals surface area (Å²) in [5.41, 5.74) is 6.51. The molecule has 6 nitrogen and oxygen atoms in total. The molecule has 0 aliphatic carbocycles. The van der Waals surface area contributed by atoms with Crippen LogP contribution in [-0.2, 0) is 11.3 Å². The number of aromatic nitrogens is 1. The Labute approximate surface area is 144 Å². The van der Waals surface area contributed by atoms with Gasteiger partial charge in [0.1, 0.15) is 22.6 Å². The molecule has 8 heteroatoms. The van der Waals surface area contributed by atoms with Crippen molar-refractivity contribution in [2.45, 2.75) is 19.1 Å². The van der Waals surface area contributed by atoms with Gasteiger partial charge in [-0.3, -0.25) is 4.79 Å². The lowest BCUT2D eigenvalue weighted by Crippen LogP contribution is -2.18. The van der Waals surface area contributed by atoms with Gasteiger partial charge in [0.2, 0.25) is 0 Å². The number of carbonyl (C=O) groups excluding carboxylic acids is 1. The summed E-state index contributed by atoms with van der Waals surface area (Å²) in [7, 11) is 0. The van der Waals surface area contributed by atoms with Crippen molar-refractivity contribution in [1.82, 2.24) is 4.98 Å². The molecule has 2 aromatic rings. The van der Waals surface area contributed by atoms with Gasteiger partial charge in [0.25, 0.3) is 5.91 Å². The van der Waals surface area contributed by atoms with E-state index in [1.807, 2.05) is 18.2 Å². The van der Waals surface area contributed by atoms with Crippen LogP contribution < -0.4 is 15.8 Å². The maximum atomic E-state index is 12.2. The molecule has 2 heterocycles. The SMILES string of the molecule is Cl.NCc1nc(C(=O)Nc2ccccc2OC2CCOC2)cs1. The average molecular weight is 356 g/mol. The highest BCUT2D eigenvalue weighted by Crippen LogP contribution is 2.27. The van der Waals surface area contributed by atoms with Crippen LogP contribution in [0.1, 0.15) is 21.9 Å². The molecule has 23 heavy (non-hydrogen) atoms. The number of nitrogens with two attached hydrogens (primary N) is 1. The van der Waals surface area contributed by atoms with Crippen LogP contribution in [0.15, 0.2) is 29.6 Å². The van der Waals surface area contributed by atoms with Crippen molar-refractivity contribution in [2.24, 2.45) is 5.73 Å². The highest BCUT2D eigenvalue weighted by atomic mass is 35.5. The van der Waals surface area contributed by atoms with Gasteiger partial charge in [-0.15, -0.1) is 23.7 Å². The number of nitrogens with zero attached hydrogens (tertiary/aromatic N) is 1. The predicted octanol–water partition coefficient (Wildman–Crippen LogP) is 2.44. The lowest BCUT2D eigenvalue weighted by molar-refractivity contribution is 0.102. The number of thiazole rings is 1. The minimum Gasteiger partial charge on any atom is -0.486 e. The number of amides is 1. The minimum absolute atomic E-state index is 0. The summed E-state index contributed by atoms with van der Waals surface area (Å²) in [5, 5.41) is 5.27. The van der Waals surface area contributed by atoms with Gasteiger partial charge in [0, 0.05) is 18.3 Å². The Kier molecular flexibility index (Phi) is 6.35. The monoisotopic (exact) mass is 355 g/mol. The zero-order chi connectivity index (χ0) is 15.4. The van der Waals surface area contributed by atoms with E-state index in [9.17, 15) is 4.79 Å². The normalized spacial score (nSPS) is 16.7. The Morgan fingerprint density at radius 1 is 1.48 bits per heavy atom. The highest BCUT2D eigenvalue weighted by Gasteiger charge is 2.19. The highest BCUT2D eigenvalue weighted by molar-refractivity contribution is 7.09. The smallest absolute Gasteiger partial charge is 0.275 e. The third-order valence-corrected chi connectivity index (χ3v) is 4.15. The largest absolute Gasteiger partial charge is 0.486 e. The van der Waals surface area contributed by atoms with Crippen molar-refractivity contribution in [2.75, 3.05) is 18.5 Å². The number of benzene rings is 1. The molecule has 1 aromatic heterocycles. The van der Waals surface area contributed by atoms with Crippen LogP contribution in [0.4, 0.5) is 5.69 Å². The summed E-state index contributed by atoms with van der Waals surface area (Å²) < 4.78 is 11.2. The molecule has 1 aromatic carbocycles. The van der Waals surface area contributed by atoms with Crippen LogP contribution in [0.3, 0.4) is 0 Å². The molecule has 0 radical (unpaired) electrons. The second kappa shape index (κ2) is 8.26. The van der Waals surface area contributed by atoms with Gasteiger partial charge in [-0.2, -0.15) is 0 Å². The van der Waals surface area contributed by atoms with Crippen LogP contribution in [0, 0.1) is 0 Å². The lowest BCUT2D eigenvalue weighted by atomic mass is 10.2. The van der Waals surface area contributed by atoms with Crippen molar-refractivity contribution < 1.29 is 14.3 Å². The second-order valence-corrected chi connectivity index (χ2v) is 5.83. The van der Waals surface area contributed by atoms with Gasteiger partial charge >= 0.3 is 0 Å². The van der Waals surface area contributed by atoms with Crippen molar-refractivity contribution in [3.05, 3.63) is 40.3 Å². The Morgan fingerprint density at radius 3 is 3.00 bits per heavy atom. The summed E-state index contributed by atoms with van der Waals surface area (Å²) >= 11 is 1.37. The van der Waals surface area contributed by atoms with Crippen LogP contribution >= 0.6 is 23.7 Å². The van der Waals surface area contributed by atoms with Crippen LogP contribution in [0.5, 0.6) is 5.75 Å². The zero-order valence-electron chi connectivity index (χ0n) is 12.4. The number of nitrogens with one attached hydrogen (secondary N) is 1. The number of ether oxygens (including phenoxy) is 2. The average Bonchev–Trinajstić information content (AvgIpc) is 3.20. The molecule has 0 spiro atoms. The first kappa shape index (κ1) is 17.7. The second-order valence-electron chi connectivity index (χ2n) is 4.88. The maximum absolute atomic E-state index is 12.2. The third kappa shape index (κ3) is 4.42. The van der Waals surface area contributed by atoms with E-state index in [1.165, 1.54) is 11.3 Å². The fourth-order valence-corrected chi connectivity index (χ4v) is 2.81. The lowest BCUT2D eigenvalue weighted by Gasteiger charge is -2.15. The molecule has 1 unspecified atom stereocenters. The topological polar surface area (TPSA) is 86.5 Å². The zero-order valence-corrected chi connectivity index (χ0v) is 14.0. The first-order chi connectivity index (χ1) is 10.8. The van der Waals surface area contributed by atoms with Gasteiger partial charge in [0.15, 0.2) is 0 Å². The molecular formula is C15H18ClN3O3S. The Bertz CT molecular complexity index is 659. The van der Waals surface area contributed by atoms with E-state index in [2.05, 4.69) is 10.3 Å². The standard InChI is InChI=1S/C15H17N3O3S.ClH/c16-7-14-17-12(9-22-14)15(19)18-11-3-1-2-4-13(11)21-10-5-6-20-8-10;/h1-4,9-10H,5-8,16H2,(H,18,19);1H. The maximum Gasteiger partial charge on any atom is 0.275 e. The minimum atomic E-state index is -0.269. The Morgan fingerprint density at radius 2 is 2.30 bits per heavy atom. The molecule has 1 fully saturated rings. The van der Waals surface area contributed by atoms with Crippen molar-refractivity contribution in [3.8, 4) is 5.75 Å². The van der Waals surface area contributed by atoms with E-state index < -0.39 is 0 Å². The third-order valence-electron chi connectivity index (χ3n) is 3.28. The van der Waals surface area contributed by atoms with Gasteiger partial charge in [-0.1, -0.05) is 12.1 Å². The molecular weight excluding hydrogens is 338 g/mol. The van der Waals surface area contributed by atoms with E-state index in [1.54, 1.807) is 11.4 Å². The van der Waals surface area contributed by atoms with E-state index in [-0.39, 0.29) is 24.4 Å². The van der Waals surface area contributed by atoms with Crippen molar-refractivity contribution in [1.29, 1.82) is 0 Å². The van der Waals surface area contributed by atoms with Crippen LogP contribution in [-0.4, -0.2) is 30.2 Å². The molecule has 1 amide bonds. The number of halogens is 1. The number of rotatable bonds is 5.